The van der Waals surface area contributed by atoms with Gasteiger partial charge in [0.2, 0.25) is 5.78 Å². The standard InChI is InChI=1S/C18H16O5/c1-12(17(19)13-5-3-2-4-6-13)23-18(20)14-7-8-15-16(11-14)22-10-9-21-15/h2-8,11-12H,9-10H2,1H3/t12-/m1/s1. The van der Waals surface area contributed by atoms with Crippen LogP contribution in [0.15, 0.2) is 48.5 Å². The minimum Gasteiger partial charge on any atom is -0.486 e. The van der Waals surface area contributed by atoms with Crippen molar-refractivity contribution in [1.82, 2.24) is 0 Å². The van der Waals surface area contributed by atoms with Gasteiger partial charge in [-0.3, -0.25) is 4.79 Å². The smallest absolute Gasteiger partial charge is 0.338 e. The van der Waals surface area contributed by atoms with E-state index in [0.29, 0.717) is 35.8 Å². The van der Waals surface area contributed by atoms with Crippen LogP contribution >= 0.6 is 0 Å². The van der Waals surface area contributed by atoms with Crippen molar-refractivity contribution in [2.45, 2.75) is 13.0 Å². The number of Topliss-reactive ketones (excluding diaryl/α,β-unsaturated/α-hetero) is 1. The molecule has 5 heteroatoms. The molecule has 0 amide bonds. The normalized spacial score (nSPS) is 14.0. The van der Waals surface area contributed by atoms with Crippen LogP contribution in [-0.4, -0.2) is 31.1 Å². The molecule has 0 aliphatic carbocycles. The molecule has 0 N–H and O–H groups in total. The molecule has 23 heavy (non-hydrogen) atoms. The number of carbonyl (C=O) groups is 2. The molecule has 0 radical (unpaired) electrons. The zero-order valence-corrected chi connectivity index (χ0v) is 12.7. The fourth-order valence-corrected chi connectivity index (χ4v) is 2.29. The van der Waals surface area contributed by atoms with Gasteiger partial charge in [0, 0.05) is 5.56 Å². The largest absolute Gasteiger partial charge is 0.486 e. The molecule has 2 aromatic carbocycles. The van der Waals surface area contributed by atoms with Crippen LogP contribution in [0.4, 0.5) is 0 Å². The molecule has 118 valence electrons. The Balaban J connectivity index is 1.70. The molecule has 1 aliphatic rings. The molecule has 1 atom stereocenters. The number of carbonyl (C=O) groups excluding carboxylic acids is 2. The first-order chi connectivity index (χ1) is 11.1. The highest BCUT2D eigenvalue weighted by molar-refractivity contribution is 6.01. The van der Waals surface area contributed by atoms with Gasteiger partial charge in [-0.05, 0) is 25.1 Å². The van der Waals surface area contributed by atoms with Crippen molar-refractivity contribution in [2.24, 2.45) is 0 Å². The van der Waals surface area contributed by atoms with Crippen molar-refractivity contribution in [3.63, 3.8) is 0 Å². The van der Waals surface area contributed by atoms with Gasteiger partial charge >= 0.3 is 5.97 Å². The zero-order chi connectivity index (χ0) is 16.2. The quantitative estimate of drug-likeness (QED) is 0.641. The summed E-state index contributed by atoms with van der Waals surface area (Å²) in [5.41, 5.74) is 0.830. The number of hydrogen-bond donors (Lipinski definition) is 0. The van der Waals surface area contributed by atoms with E-state index in [4.69, 9.17) is 14.2 Å². The number of fused-ring (bicyclic) bond motifs is 1. The fraction of sp³-hybridized carbons (Fsp3) is 0.222. The molecule has 1 aliphatic heterocycles. The molecule has 5 nitrogen and oxygen atoms in total. The average molecular weight is 312 g/mol. The molecule has 0 saturated heterocycles. The third kappa shape index (κ3) is 3.34. The van der Waals surface area contributed by atoms with Gasteiger partial charge in [0.1, 0.15) is 13.2 Å². The molecule has 1 heterocycles. The first-order valence-corrected chi connectivity index (χ1v) is 7.35. The predicted molar refractivity (Wildman–Crippen MR) is 83.1 cm³/mol. The topological polar surface area (TPSA) is 61.8 Å². The summed E-state index contributed by atoms with van der Waals surface area (Å²) < 4.78 is 16.1. The minimum atomic E-state index is -0.863. The van der Waals surface area contributed by atoms with E-state index in [1.165, 1.54) is 0 Å². The maximum absolute atomic E-state index is 12.2. The zero-order valence-electron chi connectivity index (χ0n) is 12.7. The molecule has 0 fully saturated rings. The number of rotatable bonds is 4. The van der Waals surface area contributed by atoms with Gasteiger partial charge in [-0.15, -0.1) is 0 Å². The summed E-state index contributed by atoms with van der Waals surface area (Å²) in [5, 5.41) is 0. The Kier molecular flexibility index (Phi) is 4.28. The fourth-order valence-electron chi connectivity index (χ4n) is 2.29. The highest BCUT2D eigenvalue weighted by Gasteiger charge is 2.21. The van der Waals surface area contributed by atoms with E-state index in [0.717, 1.165) is 0 Å². The lowest BCUT2D eigenvalue weighted by atomic mass is 10.1. The summed E-state index contributed by atoms with van der Waals surface area (Å²) in [6.07, 6.45) is -0.863. The van der Waals surface area contributed by atoms with Crippen LogP contribution in [0.3, 0.4) is 0 Å². The molecule has 0 bridgehead atoms. The van der Waals surface area contributed by atoms with Crippen LogP contribution < -0.4 is 9.47 Å². The monoisotopic (exact) mass is 312 g/mol. The van der Waals surface area contributed by atoms with E-state index in [1.54, 1.807) is 49.4 Å². The third-order valence-corrected chi connectivity index (χ3v) is 3.49. The SMILES string of the molecule is C[C@@H](OC(=O)c1ccc2c(c1)OCCO2)C(=O)c1ccccc1. The third-order valence-electron chi connectivity index (χ3n) is 3.49. The van der Waals surface area contributed by atoms with Gasteiger partial charge in [-0.2, -0.15) is 0 Å². The van der Waals surface area contributed by atoms with Crippen molar-refractivity contribution in [3.8, 4) is 11.5 Å². The van der Waals surface area contributed by atoms with Gasteiger partial charge in [-0.1, -0.05) is 30.3 Å². The molecular weight excluding hydrogens is 296 g/mol. The van der Waals surface area contributed by atoms with Gasteiger partial charge in [-0.25, -0.2) is 4.79 Å². The van der Waals surface area contributed by atoms with Crippen LogP contribution in [0, 0.1) is 0 Å². The van der Waals surface area contributed by atoms with Crippen molar-refractivity contribution >= 4 is 11.8 Å². The Morgan fingerprint density at radius 3 is 2.39 bits per heavy atom. The maximum Gasteiger partial charge on any atom is 0.338 e. The Labute approximate surface area is 133 Å². The summed E-state index contributed by atoms with van der Waals surface area (Å²) in [4.78, 5) is 24.4. The van der Waals surface area contributed by atoms with Gasteiger partial charge in [0.05, 0.1) is 5.56 Å². The first-order valence-electron chi connectivity index (χ1n) is 7.35. The van der Waals surface area contributed by atoms with Crippen molar-refractivity contribution < 1.29 is 23.8 Å². The van der Waals surface area contributed by atoms with E-state index >= 15 is 0 Å². The highest BCUT2D eigenvalue weighted by atomic mass is 16.6. The summed E-state index contributed by atoms with van der Waals surface area (Å²) in [6.45, 7) is 2.49. The van der Waals surface area contributed by atoms with E-state index in [1.807, 2.05) is 6.07 Å². The van der Waals surface area contributed by atoms with Crippen molar-refractivity contribution in [2.75, 3.05) is 13.2 Å². The van der Waals surface area contributed by atoms with E-state index in [9.17, 15) is 9.59 Å². The van der Waals surface area contributed by atoms with Crippen LogP contribution in [0.2, 0.25) is 0 Å². The number of hydrogen-bond acceptors (Lipinski definition) is 5. The second kappa shape index (κ2) is 6.52. The van der Waals surface area contributed by atoms with Gasteiger partial charge < -0.3 is 14.2 Å². The maximum atomic E-state index is 12.2. The molecule has 3 rings (SSSR count). The van der Waals surface area contributed by atoms with Gasteiger partial charge in [0.15, 0.2) is 17.6 Å². The number of ether oxygens (including phenoxy) is 3. The van der Waals surface area contributed by atoms with E-state index < -0.39 is 12.1 Å². The van der Waals surface area contributed by atoms with Gasteiger partial charge in [0.25, 0.3) is 0 Å². The summed E-state index contributed by atoms with van der Waals surface area (Å²) >= 11 is 0. The second-order valence-corrected chi connectivity index (χ2v) is 5.14. The summed E-state index contributed by atoms with van der Waals surface area (Å²) in [5.74, 6) is 0.296. The van der Waals surface area contributed by atoms with Crippen molar-refractivity contribution in [1.29, 1.82) is 0 Å². The van der Waals surface area contributed by atoms with Crippen LogP contribution in [0.25, 0.3) is 0 Å². The van der Waals surface area contributed by atoms with E-state index in [2.05, 4.69) is 0 Å². The van der Waals surface area contributed by atoms with Crippen LogP contribution in [-0.2, 0) is 4.74 Å². The Morgan fingerprint density at radius 2 is 1.65 bits per heavy atom. The lowest BCUT2D eigenvalue weighted by Gasteiger charge is -2.19. The van der Waals surface area contributed by atoms with Crippen LogP contribution in [0.5, 0.6) is 11.5 Å². The van der Waals surface area contributed by atoms with E-state index in [-0.39, 0.29) is 5.78 Å². The Hall–Kier alpha value is -2.82. The summed E-state index contributed by atoms with van der Waals surface area (Å²) in [6, 6.07) is 13.6. The van der Waals surface area contributed by atoms with Crippen LogP contribution in [0.1, 0.15) is 27.6 Å². The number of ketones is 1. The Morgan fingerprint density at radius 1 is 0.957 bits per heavy atom. The molecule has 0 saturated carbocycles. The summed E-state index contributed by atoms with van der Waals surface area (Å²) in [7, 11) is 0. The second-order valence-electron chi connectivity index (χ2n) is 5.14. The lowest BCUT2D eigenvalue weighted by Crippen LogP contribution is -2.24. The molecule has 0 spiro atoms. The Bertz CT molecular complexity index is 723. The first kappa shape index (κ1) is 15.1. The average Bonchev–Trinajstić information content (AvgIpc) is 2.61. The lowest BCUT2D eigenvalue weighted by molar-refractivity contribution is 0.0318. The number of benzene rings is 2. The molecule has 0 aromatic heterocycles. The molecular formula is C18H16O5. The van der Waals surface area contributed by atoms with Crippen molar-refractivity contribution in [3.05, 3.63) is 59.7 Å². The highest BCUT2D eigenvalue weighted by Crippen LogP contribution is 2.31. The number of esters is 1. The predicted octanol–water partition coefficient (Wildman–Crippen LogP) is 2.89. The molecule has 2 aromatic rings. The molecule has 0 unspecified atom stereocenters. The minimum absolute atomic E-state index is 0.239.